The third-order valence-electron chi connectivity index (χ3n) is 3.36. The second kappa shape index (κ2) is 6.64. The minimum Gasteiger partial charge on any atom is -0.492 e. The molecule has 1 aliphatic heterocycles. The van der Waals surface area contributed by atoms with Crippen LogP contribution in [0.15, 0.2) is 23.1 Å². The Balaban J connectivity index is 2.24. The highest BCUT2D eigenvalue weighted by Crippen LogP contribution is 2.27. The summed E-state index contributed by atoms with van der Waals surface area (Å²) >= 11 is 0. The summed E-state index contributed by atoms with van der Waals surface area (Å²) in [5, 5.41) is 0. The van der Waals surface area contributed by atoms with Gasteiger partial charge in [0.2, 0.25) is 10.0 Å². The third kappa shape index (κ3) is 4.09. The van der Waals surface area contributed by atoms with Crippen LogP contribution in [-0.2, 0) is 14.8 Å². The van der Waals surface area contributed by atoms with E-state index in [1.807, 2.05) is 6.92 Å². The molecular weight excluding hydrogens is 292 g/mol. The minimum atomic E-state index is -3.67. The minimum absolute atomic E-state index is 0.0543. The van der Waals surface area contributed by atoms with Gasteiger partial charge < -0.3 is 15.2 Å². The van der Waals surface area contributed by atoms with Crippen LogP contribution in [0.3, 0.4) is 0 Å². The lowest BCUT2D eigenvalue weighted by Gasteiger charge is -2.28. The molecule has 2 unspecified atom stereocenters. The molecule has 0 aromatic heterocycles. The average molecular weight is 314 g/mol. The van der Waals surface area contributed by atoms with Crippen LogP contribution in [-0.4, -0.2) is 33.8 Å². The summed E-state index contributed by atoms with van der Waals surface area (Å²) in [5.41, 5.74) is 6.10. The Morgan fingerprint density at radius 2 is 2.24 bits per heavy atom. The van der Waals surface area contributed by atoms with Crippen LogP contribution in [0.25, 0.3) is 0 Å². The van der Waals surface area contributed by atoms with Gasteiger partial charge in [-0.15, -0.1) is 0 Å². The molecular formula is C14H22N2O4S. The molecule has 21 heavy (non-hydrogen) atoms. The molecule has 1 heterocycles. The number of hydrogen-bond donors (Lipinski definition) is 2. The van der Waals surface area contributed by atoms with Crippen LogP contribution in [0.2, 0.25) is 0 Å². The van der Waals surface area contributed by atoms with Gasteiger partial charge in [0.05, 0.1) is 12.7 Å². The van der Waals surface area contributed by atoms with Gasteiger partial charge in [-0.25, -0.2) is 13.1 Å². The fourth-order valence-electron chi connectivity index (χ4n) is 2.40. The lowest BCUT2D eigenvalue weighted by atomic mass is 10.1. The predicted octanol–water partition coefficient (Wildman–Crippen LogP) is 1.51. The van der Waals surface area contributed by atoms with E-state index in [9.17, 15) is 8.42 Å². The summed E-state index contributed by atoms with van der Waals surface area (Å²) < 4.78 is 38.7. The Morgan fingerprint density at radius 1 is 1.48 bits per heavy atom. The molecule has 6 nitrogen and oxygen atoms in total. The van der Waals surface area contributed by atoms with E-state index in [0.717, 1.165) is 0 Å². The largest absolute Gasteiger partial charge is 0.492 e. The fourth-order valence-corrected chi connectivity index (χ4v) is 3.86. The topological polar surface area (TPSA) is 90.7 Å². The fraction of sp³-hybridized carbons (Fsp3) is 0.571. The van der Waals surface area contributed by atoms with Gasteiger partial charge in [0.15, 0.2) is 0 Å². The number of hydrogen-bond acceptors (Lipinski definition) is 5. The van der Waals surface area contributed by atoms with Crippen molar-refractivity contribution in [3.05, 3.63) is 18.2 Å². The highest BCUT2D eigenvalue weighted by molar-refractivity contribution is 7.89. The van der Waals surface area contributed by atoms with Crippen molar-refractivity contribution in [3.8, 4) is 5.75 Å². The van der Waals surface area contributed by atoms with Crippen LogP contribution in [0.1, 0.15) is 26.7 Å². The molecule has 2 rings (SSSR count). The van der Waals surface area contributed by atoms with Crippen molar-refractivity contribution in [1.82, 2.24) is 4.72 Å². The number of ether oxygens (including phenoxy) is 2. The van der Waals surface area contributed by atoms with Crippen LogP contribution in [0.4, 0.5) is 5.69 Å². The number of benzene rings is 1. The second-order valence-corrected chi connectivity index (χ2v) is 6.85. The van der Waals surface area contributed by atoms with Gasteiger partial charge in [0, 0.05) is 18.3 Å². The van der Waals surface area contributed by atoms with Crippen LogP contribution >= 0.6 is 0 Å². The van der Waals surface area contributed by atoms with Crippen molar-refractivity contribution in [2.24, 2.45) is 0 Å². The number of nitrogen functional groups attached to an aromatic ring is 1. The molecule has 0 spiro atoms. The lowest BCUT2D eigenvalue weighted by molar-refractivity contribution is 0.0173. The SMILES string of the molecule is CCOc1ccc(N)cc1S(=O)(=O)NC1CCOC(C)C1. The molecule has 0 bridgehead atoms. The van der Waals surface area contributed by atoms with Crippen molar-refractivity contribution in [2.45, 2.75) is 43.7 Å². The van der Waals surface area contributed by atoms with Gasteiger partial charge in [-0.05, 0) is 44.9 Å². The monoisotopic (exact) mass is 314 g/mol. The van der Waals surface area contributed by atoms with E-state index in [0.29, 0.717) is 37.5 Å². The molecule has 0 saturated carbocycles. The summed E-state index contributed by atoms with van der Waals surface area (Å²) in [5.74, 6) is 0.319. The van der Waals surface area contributed by atoms with E-state index in [2.05, 4.69) is 4.72 Å². The van der Waals surface area contributed by atoms with Gasteiger partial charge in [-0.3, -0.25) is 0 Å². The average Bonchev–Trinajstić information content (AvgIpc) is 2.40. The zero-order chi connectivity index (χ0) is 15.5. The molecule has 118 valence electrons. The lowest BCUT2D eigenvalue weighted by Crippen LogP contribution is -2.41. The highest BCUT2D eigenvalue weighted by atomic mass is 32.2. The molecule has 0 radical (unpaired) electrons. The van der Waals surface area contributed by atoms with E-state index in [1.54, 1.807) is 19.1 Å². The smallest absolute Gasteiger partial charge is 0.244 e. The first-order chi connectivity index (χ1) is 9.92. The van der Waals surface area contributed by atoms with Crippen molar-refractivity contribution in [3.63, 3.8) is 0 Å². The summed E-state index contributed by atoms with van der Waals surface area (Å²) in [4.78, 5) is 0.0866. The molecule has 0 amide bonds. The number of anilines is 1. The number of rotatable bonds is 5. The Labute approximate surface area is 125 Å². The second-order valence-electron chi connectivity index (χ2n) is 5.16. The summed E-state index contributed by atoms with van der Waals surface area (Å²) in [6.45, 7) is 4.69. The first-order valence-electron chi connectivity index (χ1n) is 7.08. The molecule has 1 aliphatic rings. The molecule has 1 fully saturated rings. The number of nitrogens with one attached hydrogen (secondary N) is 1. The van der Waals surface area contributed by atoms with Crippen molar-refractivity contribution < 1.29 is 17.9 Å². The number of nitrogens with two attached hydrogens (primary N) is 1. The maximum Gasteiger partial charge on any atom is 0.244 e. The van der Waals surface area contributed by atoms with Crippen LogP contribution in [0, 0.1) is 0 Å². The Bertz CT molecular complexity index is 589. The first-order valence-corrected chi connectivity index (χ1v) is 8.57. The molecule has 3 N–H and O–H groups in total. The van der Waals surface area contributed by atoms with E-state index < -0.39 is 10.0 Å². The van der Waals surface area contributed by atoms with Gasteiger partial charge in [0.25, 0.3) is 0 Å². The summed E-state index contributed by atoms with van der Waals surface area (Å²) in [7, 11) is -3.67. The van der Waals surface area contributed by atoms with Gasteiger partial charge in [0.1, 0.15) is 10.6 Å². The molecule has 7 heteroatoms. The molecule has 1 aromatic carbocycles. The highest BCUT2D eigenvalue weighted by Gasteiger charge is 2.27. The predicted molar refractivity (Wildman–Crippen MR) is 80.8 cm³/mol. The molecule has 0 aliphatic carbocycles. The van der Waals surface area contributed by atoms with Gasteiger partial charge in [-0.1, -0.05) is 0 Å². The maximum atomic E-state index is 12.6. The van der Waals surface area contributed by atoms with E-state index in [4.69, 9.17) is 15.2 Å². The quantitative estimate of drug-likeness (QED) is 0.804. The summed E-state index contributed by atoms with van der Waals surface area (Å²) in [6.07, 6.45) is 1.38. The number of sulfonamides is 1. The maximum absolute atomic E-state index is 12.6. The molecule has 2 atom stereocenters. The summed E-state index contributed by atoms with van der Waals surface area (Å²) in [6, 6.07) is 4.51. The Kier molecular flexibility index (Phi) is 5.08. The van der Waals surface area contributed by atoms with Gasteiger partial charge in [-0.2, -0.15) is 0 Å². The standard InChI is InChI=1S/C14H22N2O4S/c1-3-19-13-5-4-11(15)9-14(13)21(17,18)16-12-6-7-20-10(2)8-12/h4-5,9-10,12,16H,3,6-8,15H2,1-2H3. The van der Waals surface area contributed by atoms with E-state index >= 15 is 0 Å². The molecule has 1 aromatic rings. The Morgan fingerprint density at radius 3 is 2.90 bits per heavy atom. The normalized spacial score (nSPS) is 23.0. The van der Waals surface area contributed by atoms with Crippen molar-refractivity contribution in [2.75, 3.05) is 18.9 Å². The molecule has 1 saturated heterocycles. The first kappa shape index (κ1) is 16.1. The zero-order valence-electron chi connectivity index (χ0n) is 12.3. The van der Waals surface area contributed by atoms with Gasteiger partial charge >= 0.3 is 0 Å². The zero-order valence-corrected chi connectivity index (χ0v) is 13.2. The van der Waals surface area contributed by atoms with E-state index in [1.165, 1.54) is 6.07 Å². The third-order valence-corrected chi connectivity index (χ3v) is 4.91. The Hall–Kier alpha value is -1.31. The van der Waals surface area contributed by atoms with Crippen molar-refractivity contribution >= 4 is 15.7 Å². The van der Waals surface area contributed by atoms with E-state index in [-0.39, 0.29) is 17.0 Å². The van der Waals surface area contributed by atoms with Crippen molar-refractivity contribution in [1.29, 1.82) is 0 Å². The van der Waals surface area contributed by atoms with Crippen LogP contribution in [0.5, 0.6) is 5.75 Å². The van der Waals surface area contributed by atoms with Crippen LogP contribution < -0.4 is 15.2 Å².